The summed E-state index contributed by atoms with van der Waals surface area (Å²) in [6.45, 7) is 0.629. The van der Waals surface area contributed by atoms with E-state index in [0.29, 0.717) is 18.7 Å². The van der Waals surface area contributed by atoms with E-state index in [9.17, 15) is 14.4 Å². The van der Waals surface area contributed by atoms with Crippen LogP contribution in [-0.2, 0) is 29.1 Å². The molecule has 0 radical (unpaired) electrons. The van der Waals surface area contributed by atoms with Crippen molar-refractivity contribution in [2.75, 3.05) is 19.6 Å². The van der Waals surface area contributed by atoms with Crippen LogP contribution in [0.25, 0.3) is 0 Å². The number of furan rings is 1. The van der Waals surface area contributed by atoms with Crippen molar-refractivity contribution in [3.05, 3.63) is 95.9 Å². The van der Waals surface area contributed by atoms with Gasteiger partial charge in [-0.3, -0.25) is 9.59 Å². The first kappa shape index (κ1) is 25.1. The van der Waals surface area contributed by atoms with Crippen molar-refractivity contribution in [2.45, 2.75) is 31.7 Å². The van der Waals surface area contributed by atoms with Gasteiger partial charge < -0.3 is 19.5 Å². The Morgan fingerprint density at radius 1 is 1.00 bits per heavy atom. The van der Waals surface area contributed by atoms with Crippen LogP contribution in [0.1, 0.15) is 16.9 Å². The molecule has 1 aromatic heterocycles. The van der Waals surface area contributed by atoms with E-state index in [1.165, 1.54) is 5.01 Å². The minimum Gasteiger partial charge on any atom is -0.467 e. The number of carbonyl (C=O) groups is 3. The number of nitrogens with zero attached hydrogens (tertiary/aromatic N) is 4. The Hall–Kier alpha value is -4.55. The van der Waals surface area contributed by atoms with Gasteiger partial charge in [-0.15, -0.1) is 6.42 Å². The van der Waals surface area contributed by atoms with E-state index in [2.05, 4.69) is 11.2 Å². The number of hydrazine groups is 1. The Bertz CT molecular complexity index is 1310. The van der Waals surface area contributed by atoms with Gasteiger partial charge in [0.25, 0.3) is 0 Å². The monoisotopic (exact) mass is 511 g/mol. The van der Waals surface area contributed by atoms with Gasteiger partial charge in [-0.1, -0.05) is 66.6 Å². The number of amides is 4. The zero-order chi connectivity index (χ0) is 26.5. The molecule has 38 heavy (non-hydrogen) atoms. The molecule has 0 aliphatic carbocycles. The average molecular weight is 512 g/mol. The van der Waals surface area contributed by atoms with Gasteiger partial charge in [-0.25, -0.2) is 9.80 Å². The zero-order valence-corrected chi connectivity index (χ0v) is 20.9. The maximum atomic E-state index is 13.8. The summed E-state index contributed by atoms with van der Waals surface area (Å²) in [4.78, 5) is 44.1. The summed E-state index contributed by atoms with van der Waals surface area (Å²) in [5.41, 5.74) is 1.86. The van der Waals surface area contributed by atoms with Gasteiger partial charge in [0, 0.05) is 13.0 Å². The molecule has 2 aliphatic heterocycles. The van der Waals surface area contributed by atoms with E-state index in [0.717, 1.165) is 11.1 Å². The van der Waals surface area contributed by atoms with Crippen LogP contribution in [0.15, 0.2) is 83.5 Å². The second-order valence-corrected chi connectivity index (χ2v) is 9.30. The average Bonchev–Trinajstić information content (AvgIpc) is 3.44. The summed E-state index contributed by atoms with van der Waals surface area (Å²) < 4.78 is 5.51. The Morgan fingerprint density at radius 3 is 2.37 bits per heavy atom. The first-order valence-corrected chi connectivity index (χ1v) is 12.5. The number of nitrogens with one attached hydrogen (secondary N) is 1. The molecule has 3 aromatic rings. The molecule has 3 heterocycles. The second kappa shape index (κ2) is 11.2. The largest absolute Gasteiger partial charge is 0.467 e. The highest BCUT2D eigenvalue weighted by Gasteiger charge is 2.51. The van der Waals surface area contributed by atoms with E-state index in [4.69, 9.17) is 10.8 Å². The maximum Gasteiger partial charge on any atom is 0.334 e. The quantitative estimate of drug-likeness (QED) is 0.493. The fraction of sp³-hybridized carbons (Fsp3) is 0.276. The predicted molar refractivity (Wildman–Crippen MR) is 140 cm³/mol. The number of hydrogen-bond donors (Lipinski definition) is 1. The molecule has 194 valence electrons. The molecule has 9 nitrogen and oxygen atoms in total. The number of carbonyl (C=O) groups excluding carboxylic acids is 3. The number of urea groups is 1. The van der Waals surface area contributed by atoms with Crippen molar-refractivity contribution in [3.63, 3.8) is 0 Å². The van der Waals surface area contributed by atoms with Crippen LogP contribution in [0.2, 0.25) is 0 Å². The van der Waals surface area contributed by atoms with E-state index in [-0.39, 0.29) is 38.0 Å². The molecule has 0 unspecified atom stereocenters. The summed E-state index contributed by atoms with van der Waals surface area (Å²) in [7, 11) is 0. The van der Waals surface area contributed by atoms with E-state index in [1.807, 2.05) is 60.7 Å². The van der Waals surface area contributed by atoms with Crippen LogP contribution in [0.5, 0.6) is 0 Å². The van der Waals surface area contributed by atoms with Crippen molar-refractivity contribution in [1.82, 2.24) is 25.1 Å². The van der Waals surface area contributed by atoms with Crippen LogP contribution in [0.4, 0.5) is 4.79 Å². The number of piperazine rings is 1. The van der Waals surface area contributed by atoms with Crippen LogP contribution < -0.4 is 5.32 Å². The Morgan fingerprint density at radius 2 is 1.71 bits per heavy atom. The van der Waals surface area contributed by atoms with Crippen molar-refractivity contribution in [1.29, 1.82) is 0 Å². The van der Waals surface area contributed by atoms with E-state index >= 15 is 0 Å². The SMILES string of the molecule is C#CCN1CC(=O)N2[C@@H](Cc3ccccc3)C(=O)N(Cc3ccco3)C[C@@H]2N1C(=O)NCc1ccccc1. The van der Waals surface area contributed by atoms with Gasteiger partial charge in [0.1, 0.15) is 18.0 Å². The summed E-state index contributed by atoms with van der Waals surface area (Å²) in [5, 5.41) is 6.04. The molecular formula is C29H29N5O4. The molecule has 2 atom stereocenters. The van der Waals surface area contributed by atoms with Crippen LogP contribution >= 0.6 is 0 Å². The number of benzene rings is 2. The maximum absolute atomic E-state index is 13.8. The third-order valence-electron chi connectivity index (χ3n) is 6.80. The number of rotatable bonds is 7. The molecule has 2 saturated heterocycles. The molecule has 0 saturated carbocycles. The predicted octanol–water partition coefficient (Wildman–Crippen LogP) is 2.46. The van der Waals surface area contributed by atoms with Gasteiger partial charge in [-0.05, 0) is 23.3 Å². The normalized spacial score (nSPS) is 19.7. The smallest absolute Gasteiger partial charge is 0.334 e. The van der Waals surface area contributed by atoms with Crippen LogP contribution in [-0.4, -0.2) is 69.5 Å². The number of fused-ring (bicyclic) bond motifs is 1. The molecule has 2 aliphatic rings. The first-order valence-electron chi connectivity index (χ1n) is 12.5. The summed E-state index contributed by atoms with van der Waals surface area (Å²) >= 11 is 0. The van der Waals surface area contributed by atoms with Gasteiger partial charge >= 0.3 is 6.03 Å². The standard InChI is InChI=1S/C29H29N5O4/c1-2-15-32-21-27(35)33-25(17-22-10-5-3-6-11-22)28(36)31(19-24-14-9-16-38-24)20-26(33)34(32)29(37)30-18-23-12-7-4-8-13-23/h1,3-14,16,25-26H,15,17-21H2,(H,30,37)/t25-,26-/m0/s1. The first-order chi connectivity index (χ1) is 18.5. The third-order valence-corrected chi connectivity index (χ3v) is 6.80. The van der Waals surface area contributed by atoms with Gasteiger partial charge in [0.15, 0.2) is 0 Å². The van der Waals surface area contributed by atoms with E-state index < -0.39 is 18.2 Å². The van der Waals surface area contributed by atoms with Crippen LogP contribution in [0, 0.1) is 12.3 Å². The lowest BCUT2D eigenvalue weighted by Crippen LogP contribution is -2.76. The zero-order valence-electron chi connectivity index (χ0n) is 20.9. The molecule has 0 spiro atoms. The van der Waals surface area contributed by atoms with E-state index in [1.54, 1.807) is 33.2 Å². The second-order valence-electron chi connectivity index (χ2n) is 9.30. The van der Waals surface area contributed by atoms with Crippen molar-refractivity contribution in [2.24, 2.45) is 0 Å². The number of terminal acetylenes is 1. The van der Waals surface area contributed by atoms with Crippen molar-refractivity contribution < 1.29 is 18.8 Å². The molecule has 0 bridgehead atoms. The van der Waals surface area contributed by atoms with Crippen molar-refractivity contribution >= 4 is 17.8 Å². The number of hydrogen-bond acceptors (Lipinski definition) is 5. The Balaban J connectivity index is 1.48. The Labute approximate surface area is 221 Å². The molecule has 2 fully saturated rings. The molecule has 4 amide bonds. The Kier molecular flexibility index (Phi) is 7.43. The lowest BCUT2D eigenvalue weighted by atomic mass is 9.98. The summed E-state index contributed by atoms with van der Waals surface area (Å²) in [6.07, 6.45) is 6.76. The summed E-state index contributed by atoms with van der Waals surface area (Å²) in [5.74, 6) is 2.74. The highest BCUT2D eigenvalue weighted by atomic mass is 16.3. The molecule has 1 N–H and O–H groups in total. The highest BCUT2D eigenvalue weighted by molar-refractivity contribution is 5.91. The van der Waals surface area contributed by atoms with Gasteiger partial charge in [0.2, 0.25) is 11.8 Å². The molecule has 9 heteroatoms. The molecule has 5 rings (SSSR count). The highest BCUT2D eigenvalue weighted by Crippen LogP contribution is 2.29. The van der Waals surface area contributed by atoms with Crippen molar-refractivity contribution in [3.8, 4) is 12.3 Å². The minimum absolute atomic E-state index is 0.0737. The minimum atomic E-state index is -0.781. The fourth-order valence-electron chi connectivity index (χ4n) is 5.06. The third kappa shape index (κ3) is 5.26. The van der Waals surface area contributed by atoms with Gasteiger partial charge in [-0.2, -0.15) is 5.01 Å². The molecular weight excluding hydrogens is 482 g/mol. The van der Waals surface area contributed by atoms with Crippen LogP contribution in [0.3, 0.4) is 0 Å². The summed E-state index contributed by atoms with van der Waals surface area (Å²) in [6, 6.07) is 21.5. The lowest BCUT2D eigenvalue weighted by Gasteiger charge is -2.54. The fourth-order valence-corrected chi connectivity index (χ4v) is 5.06. The topological polar surface area (TPSA) is 89.3 Å². The lowest BCUT2D eigenvalue weighted by molar-refractivity contribution is -0.189. The molecule has 2 aromatic carbocycles. The van der Waals surface area contributed by atoms with Gasteiger partial charge in [0.05, 0.1) is 32.4 Å².